The van der Waals surface area contributed by atoms with E-state index in [1.165, 1.54) is 6.42 Å². The van der Waals surface area contributed by atoms with Crippen LogP contribution in [0.1, 0.15) is 66.2 Å². The number of hydrogen-bond acceptors (Lipinski definition) is 7. The number of thiophene rings is 1. The van der Waals surface area contributed by atoms with Gasteiger partial charge in [0.05, 0.1) is 17.6 Å². The Labute approximate surface area is 176 Å². The summed E-state index contributed by atoms with van der Waals surface area (Å²) in [4.78, 5) is 25.6. The number of nitrogens with zero attached hydrogens (tertiary/aromatic N) is 1. The van der Waals surface area contributed by atoms with Gasteiger partial charge in [0.15, 0.2) is 0 Å². The van der Waals surface area contributed by atoms with Crippen molar-refractivity contribution in [1.29, 1.82) is 5.26 Å². The van der Waals surface area contributed by atoms with Crippen molar-refractivity contribution < 1.29 is 19.1 Å². The van der Waals surface area contributed by atoms with Gasteiger partial charge < -0.3 is 15.2 Å². The number of carbonyl (C=O) groups excluding carboxylic acids is 2. The topological polar surface area (TPSA) is 102 Å². The second-order valence-corrected chi connectivity index (χ2v) is 11.2. The molecule has 150 valence electrons. The molecule has 0 amide bonds. The average molecular weight is 467 g/mol. The first-order chi connectivity index (χ1) is 13.3. The molecule has 2 atom stereocenters. The van der Waals surface area contributed by atoms with Gasteiger partial charge in [0.2, 0.25) is 0 Å². The Morgan fingerprint density at radius 2 is 1.96 bits per heavy atom. The molecular weight excluding hydrogens is 444 g/mol. The molecule has 0 aliphatic heterocycles. The van der Waals surface area contributed by atoms with Crippen LogP contribution in [0.15, 0.2) is 0 Å². The standard InChI is InChI=1S/C20H23BrN2O4S/c1-2-26-17(24)15-14(13(8-22)16(23)28-15)9-27-18(25)19-4-11-3-12(5-19)7-20(21,6-11)10-19/h11-12H,2-7,9-10,23H2,1H3. The summed E-state index contributed by atoms with van der Waals surface area (Å²) in [7, 11) is 0. The summed E-state index contributed by atoms with van der Waals surface area (Å²) >= 11 is 4.91. The van der Waals surface area contributed by atoms with E-state index in [-0.39, 0.29) is 38.9 Å². The van der Waals surface area contributed by atoms with E-state index < -0.39 is 11.4 Å². The summed E-state index contributed by atoms with van der Waals surface area (Å²) in [6.45, 7) is 1.80. The molecule has 0 spiro atoms. The van der Waals surface area contributed by atoms with Gasteiger partial charge >= 0.3 is 11.9 Å². The van der Waals surface area contributed by atoms with Crippen LogP contribution in [0.2, 0.25) is 0 Å². The molecule has 2 N–H and O–H groups in total. The summed E-state index contributed by atoms with van der Waals surface area (Å²) in [5, 5.41) is 9.67. The number of nitrogen functional groups attached to an aromatic ring is 1. The minimum atomic E-state index is -0.541. The highest BCUT2D eigenvalue weighted by molar-refractivity contribution is 9.10. The van der Waals surface area contributed by atoms with E-state index in [0.717, 1.165) is 43.4 Å². The zero-order chi connectivity index (χ0) is 20.1. The van der Waals surface area contributed by atoms with Crippen molar-refractivity contribution in [2.75, 3.05) is 12.3 Å². The van der Waals surface area contributed by atoms with E-state index in [1.807, 2.05) is 6.07 Å². The molecule has 28 heavy (non-hydrogen) atoms. The predicted molar refractivity (Wildman–Crippen MR) is 108 cm³/mol. The van der Waals surface area contributed by atoms with Crippen molar-refractivity contribution >= 4 is 44.2 Å². The molecule has 1 aromatic heterocycles. The lowest BCUT2D eigenvalue weighted by Gasteiger charge is -2.58. The maximum absolute atomic E-state index is 13.2. The molecule has 4 bridgehead atoms. The van der Waals surface area contributed by atoms with Crippen LogP contribution < -0.4 is 5.73 Å². The highest BCUT2D eigenvalue weighted by Gasteiger charge is 2.60. The summed E-state index contributed by atoms with van der Waals surface area (Å²) in [5.41, 5.74) is 6.00. The van der Waals surface area contributed by atoms with Gasteiger partial charge in [-0.05, 0) is 57.3 Å². The Morgan fingerprint density at radius 1 is 1.29 bits per heavy atom. The third-order valence-corrected chi connectivity index (χ3v) is 8.35. The summed E-state index contributed by atoms with van der Waals surface area (Å²) in [5.74, 6) is 0.374. The minimum Gasteiger partial charge on any atom is -0.462 e. The molecule has 4 aliphatic carbocycles. The number of hydrogen-bond donors (Lipinski definition) is 1. The fourth-order valence-corrected chi connectivity index (χ4v) is 8.16. The van der Waals surface area contributed by atoms with E-state index in [2.05, 4.69) is 15.9 Å². The molecule has 6 nitrogen and oxygen atoms in total. The smallest absolute Gasteiger partial charge is 0.348 e. The lowest BCUT2D eigenvalue weighted by molar-refractivity contribution is -0.170. The van der Waals surface area contributed by atoms with E-state index in [1.54, 1.807) is 6.92 Å². The quantitative estimate of drug-likeness (QED) is 0.516. The van der Waals surface area contributed by atoms with Crippen molar-refractivity contribution in [2.24, 2.45) is 17.3 Å². The SMILES string of the molecule is CCOC(=O)c1sc(N)c(C#N)c1COC(=O)C12CC3CC(CC(Br)(C3)C1)C2. The zero-order valence-corrected chi connectivity index (χ0v) is 18.2. The van der Waals surface area contributed by atoms with Crippen molar-refractivity contribution in [3.63, 3.8) is 0 Å². The van der Waals surface area contributed by atoms with Crippen LogP contribution in [0.25, 0.3) is 0 Å². The van der Waals surface area contributed by atoms with Gasteiger partial charge in [0.25, 0.3) is 0 Å². The Morgan fingerprint density at radius 3 is 2.54 bits per heavy atom. The third kappa shape index (κ3) is 3.22. The number of nitriles is 1. The second-order valence-electron chi connectivity index (χ2n) is 8.45. The van der Waals surface area contributed by atoms with E-state index in [9.17, 15) is 14.9 Å². The van der Waals surface area contributed by atoms with Gasteiger partial charge in [-0.15, -0.1) is 11.3 Å². The Hall–Kier alpha value is -1.59. The molecule has 1 aromatic rings. The van der Waals surface area contributed by atoms with E-state index in [4.69, 9.17) is 15.2 Å². The van der Waals surface area contributed by atoms with Crippen LogP contribution in [-0.4, -0.2) is 22.9 Å². The van der Waals surface area contributed by atoms with Crippen LogP contribution >= 0.6 is 27.3 Å². The number of ether oxygens (including phenoxy) is 2. The van der Waals surface area contributed by atoms with Crippen molar-refractivity contribution in [1.82, 2.24) is 0 Å². The van der Waals surface area contributed by atoms with Gasteiger partial charge in [-0.1, -0.05) is 15.9 Å². The number of nitrogens with two attached hydrogens (primary N) is 1. The Balaban J connectivity index is 1.55. The molecule has 8 heteroatoms. The molecule has 0 aromatic carbocycles. The van der Waals surface area contributed by atoms with Gasteiger partial charge in [-0.25, -0.2) is 4.79 Å². The molecule has 4 aliphatic rings. The molecule has 1 heterocycles. The molecular formula is C20H23BrN2O4S. The summed E-state index contributed by atoms with van der Waals surface area (Å²) in [6.07, 6.45) is 6.01. The molecule has 4 saturated carbocycles. The minimum absolute atomic E-state index is 0.0524. The van der Waals surface area contributed by atoms with Gasteiger partial charge in [-0.3, -0.25) is 4.79 Å². The zero-order valence-electron chi connectivity index (χ0n) is 15.8. The molecule has 5 rings (SSSR count). The summed E-state index contributed by atoms with van der Waals surface area (Å²) < 4.78 is 10.8. The van der Waals surface area contributed by atoms with Crippen molar-refractivity contribution in [3.8, 4) is 6.07 Å². The highest BCUT2D eigenvalue weighted by atomic mass is 79.9. The summed E-state index contributed by atoms with van der Waals surface area (Å²) in [6, 6.07) is 2.03. The van der Waals surface area contributed by atoms with Crippen molar-refractivity contribution in [2.45, 2.75) is 56.4 Å². The maximum Gasteiger partial charge on any atom is 0.348 e. The van der Waals surface area contributed by atoms with Gasteiger partial charge in [0.1, 0.15) is 22.6 Å². The molecule has 4 fully saturated rings. The first kappa shape index (κ1) is 19.7. The van der Waals surface area contributed by atoms with Gasteiger partial charge in [0, 0.05) is 9.89 Å². The van der Waals surface area contributed by atoms with E-state index in [0.29, 0.717) is 17.4 Å². The maximum atomic E-state index is 13.2. The Kier molecular flexibility index (Phi) is 4.95. The third-order valence-electron chi connectivity index (χ3n) is 6.38. The lowest BCUT2D eigenvalue weighted by Crippen LogP contribution is -2.56. The molecule has 2 unspecified atom stereocenters. The Bertz CT molecular complexity index is 860. The fraction of sp³-hybridized carbons (Fsp3) is 0.650. The largest absolute Gasteiger partial charge is 0.462 e. The molecule has 0 saturated heterocycles. The monoisotopic (exact) mass is 466 g/mol. The predicted octanol–water partition coefficient (Wildman–Crippen LogP) is 4.16. The number of carbonyl (C=O) groups is 2. The van der Waals surface area contributed by atoms with Crippen molar-refractivity contribution in [3.05, 3.63) is 16.0 Å². The number of halogens is 1. The van der Waals surface area contributed by atoms with Crippen LogP contribution in [0.4, 0.5) is 5.00 Å². The lowest BCUT2D eigenvalue weighted by atomic mass is 9.49. The van der Waals surface area contributed by atoms with Crippen LogP contribution in [-0.2, 0) is 20.9 Å². The number of rotatable bonds is 5. The first-order valence-corrected chi connectivity index (χ1v) is 11.2. The highest BCUT2D eigenvalue weighted by Crippen LogP contribution is 2.64. The van der Waals surface area contributed by atoms with Gasteiger partial charge in [-0.2, -0.15) is 5.26 Å². The second kappa shape index (κ2) is 7.03. The number of esters is 2. The van der Waals surface area contributed by atoms with Crippen LogP contribution in [0.5, 0.6) is 0 Å². The number of alkyl halides is 1. The normalized spacial score (nSPS) is 32.8. The first-order valence-electron chi connectivity index (χ1n) is 9.63. The fourth-order valence-electron chi connectivity index (χ4n) is 5.79. The van der Waals surface area contributed by atoms with E-state index >= 15 is 0 Å². The van der Waals surface area contributed by atoms with Crippen LogP contribution in [0.3, 0.4) is 0 Å². The molecule has 0 radical (unpaired) electrons. The average Bonchev–Trinajstić information content (AvgIpc) is 2.93. The van der Waals surface area contributed by atoms with Crippen LogP contribution in [0, 0.1) is 28.6 Å². The number of anilines is 1.